The summed E-state index contributed by atoms with van der Waals surface area (Å²) in [7, 11) is -6.89. The standard InChI is InChI=1S/C8H18N2O5S2/c9-16(11,12)7-1-4-10-17(13,14)8-2-5-15-6-3-8/h8,10H,1-7H2,(H2,9,11,12). The number of hydrogen-bond acceptors (Lipinski definition) is 5. The monoisotopic (exact) mass is 286 g/mol. The molecule has 7 nitrogen and oxygen atoms in total. The Morgan fingerprint density at radius 1 is 1.18 bits per heavy atom. The molecule has 1 aliphatic rings. The van der Waals surface area contributed by atoms with Crippen LogP contribution in [-0.4, -0.2) is 47.6 Å². The van der Waals surface area contributed by atoms with Crippen LogP contribution in [0, 0.1) is 0 Å². The third-order valence-corrected chi connectivity index (χ3v) is 5.33. The van der Waals surface area contributed by atoms with E-state index in [-0.39, 0.29) is 18.7 Å². The molecule has 102 valence electrons. The molecular formula is C8H18N2O5S2. The van der Waals surface area contributed by atoms with E-state index in [0.29, 0.717) is 26.1 Å². The predicted octanol–water partition coefficient (Wildman–Crippen LogP) is -1.24. The van der Waals surface area contributed by atoms with Gasteiger partial charge in [-0.1, -0.05) is 0 Å². The highest BCUT2D eigenvalue weighted by atomic mass is 32.2. The Morgan fingerprint density at radius 2 is 1.76 bits per heavy atom. The number of nitrogens with one attached hydrogen (secondary N) is 1. The van der Waals surface area contributed by atoms with Crippen molar-refractivity contribution in [1.29, 1.82) is 0 Å². The van der Waals surface area contributed by atoms with Gasteiger partial charge in [0, 0.05) is 19.8 Å². The van der Waals surface area contributed by atoms with Gasteiger partial charge in [-0.15, -0.1) is 0 Å². The molecule has 0 saturated carbocycles. The number of primary sulfonamides is 1. The van der Waals surface area contributed by atoms with Crippen LogP contribution in [0.5, 0.6) is 0 Å². The number of sulfonamides is 2. The Labute approximate surface area is 102 Å². The van der Waals surface area contributed by atoms with E-state index in [1.807, 2.05) is 0 Å². The highest BCUT2D eigenvalue weighted by Crippen LogP contribution is 2.14. The quantitative estimate of drug-likeness (QED) is 0.593. The first-order chi connectivity index (χ1) is 7.81. The lowest BCUT2D eigenvalue weighted by atomic mass is 10.2. The van der Waals surface area contributed by atoms with Crippen LogP contribution in [0.1, 0.15) is 19.3 Å². The predicted molar refractivity (Wildman–Crippen MR) is 63.4 cm³/mol. The zero-order valence-corrected chi connectivity index (χ0v) is 11.1. The maximum Gasteiger partial charge on any atom is 0.214 e. The third-order valence-electron chi connectivity index (χ3n) is 2.52. The lowest BCUT2D eigenvalue weighted by molar-refractivity contribution is 0.0981. The highest BCUT2D eigenvalue weighted by molar-refractivity contribution is 7.90. The number of hydrogen-bond donors (Lipinski definition) is 2. The zero-order chi connectivity index (χ0) is 12.9. The van der Waals surface area contributed by atoms with Gasteiger partial charge in [0.15, 0.2) is 0 Å². The van der Waals surface area contributed by atoms with Gasteiger partial charge in [0.25, 0.3) is 0 Å². The van der Waals surface area contributed by atoms with E-state index in [1.165, 1.54) is 0 Å². The molecule has 0 bridgehead atoms. The second-order valence-corrected chi connectivity index (χ2v) is 7.75. The second-order valence-electron chi connectivity index (χ2n) is 3.97. The van der Waals surface area contributed by atoms with Gasteiger partial charge in [-0.25, -0.2) is 26.7 Å². The molecule has 0 aliphatic carbocycles. The summed E-state index contributed by atoms with van der Waals surface area (Å²) < 4.78 is 52.3. The molecule has 1 aliphatic heterocycles. The summed E-state index contributed by atoms with van der Waals surface area (Å²) >= 11 is 0. The van der Waals surface area contributed by atoms with Gasteiger partial charge in [-0.05, 0) is 19.3 Å². The topological polar surface area (TPSA) is 116 Å². The zero-order valence-electron chi connectivity index (χ0n) is 9.46. The largest absolute Gasteiger partial charge is 0.381 e. The highest BCUT2D eigenvalue weighted by Gasteiger charge is 2.26. The SMILES string of the molecule is NS(=O)(=O)CCCNS(=O)(=O)C1CCOCC1. The van der Waals surface area contributed by atoms with Gasteiger partial charge >= 0.3 is 0 Å². The van der Waals surface area contributed by atoms with Crippen molar-refractivity contribution >= 4 is 20.0 Å². The van der Waals surface area contributed by atoms with E-state index in [4.69, 9.17) is 9.88 Å². The molecule has 0 spiro atoms. The maximum absolute atomic E-state index is 11.8. The van der Waals surface area contributed by atoms with Crippen LogP contribution < -0.4 is 9.86 Å². The lowest BCUT2D eigenvalue weighted by Crippen LogP contribution is -2.38. The third kappa shape index (κ3) is 5.77. The van der Waals surface area contributed by atoms with Crippen LogP contribution >= 0.6 is 0 Å². The molecule has 0 amide bonds. The molecule has 1 fully saturated rings. The average Bonchev–Trinajstić information content (AvgIpc) is 2.25. The number of nitrogens with two attached hydrogens (primary N) is 1. The average molecular weight is 286 g/mol. The van der Waals surface area contributed by atoms with E-state index in [2.05, 4.69) is 4.72 Å². The molecule has 9 heteroatoms. The molecule has 3 N–H and O–H groups in total. The smallest absolute Gasteiger partial charge is 0.214 e. The number of ether oxygens (including phenoxy) is 1. The van der Waals surface area contributed by atoms with Crippen molar-refractivity contribution in [2.75, 3.05) is 25.5 Å². The van der Waals surface area contributed by atoms with Gasteiger partial charge in [0.05, 0.1) is 11.0 Å². The minimum absolute atomic E-state index is 0.0934. The van der Waals surface area contributed by atoms with Crippen molar-refractivity contribution in [3.8, 4) is 0 Å². The summed E-state index contributed by atoms with van der Waals surface area (Å²) in [5.41, 5.74) is 0. The molecule has 0 atom stereocenters. The van der Waals surface area contributed by atoms with Crippen molar-refractivity contribution in [2.45, 2.75) is 24.5 Å². The van der Waals surface area contributed by atoms with E-state index < -0.39 is 25.3 Å². The molecule has 0 unspecified atom stereocenters. The van der Waals surface area contributed by atoms with Crippen LogP contribution in [0.3, 0.4) is 0 Å². The van der Waals surface area contributed by atoms with Crippen molar-refractivity contribution < 1.29 is 21.6 Å². The molecule has 0 aromatic heterocycles. The van der Waals surface area contributed by atoms with Crippen molar-refractivity contribution in [1.82, 2.24) is 4.72 Å². The molecule has 1 saturated heterocycles. The normalized spacial score (nSPS) is 19.4. The molecule has 1 heterocycles. The van der Waals surface area contributed by atoms with Crippen LogP contribution in [-0.2, 0) is 24.8 Å². The number of rotatable bonds is 6. The summed E-state index contributed by atoms with van der Waals surface area (Å²) in [6, 6.07) is 0. The van der Waals surface area contributed by atoms with E-state index in [1.54, 1.807) is 0 Å². The van der Waals surface area contributed by atoms with E-state index >= 15 is 0 Å². The van der Waals surface area contributed by atoms with Gasteiger partial charge in [0.2, 0.25) is 20.0 Å². The first kappa shape index (κ1) is 14.8. The van der Waals surface area contributed by atoms with Gasteiger partial charge in [-0.3, -0.25) is 0 Å². The fourth-order valence-corrected chi connectivity index (χ4v) is 3.62. The van der Waals surface area contributed by atoms with Crippen molar-refractivity contribution in [2.24, 2.45) is 5.14 Å². The Hall–Kier alpha value is -0.220. The first-order valence-corrected chi connectivity index (χ1v) is 8.64. The molecule has 1 rings (SSSR count). The van der Waals surface area contributed by atoms with Crippen molar-refractivity contribution in [3.63, 3.8) is 0 Å². The van der Waals surface area contributed by atoms with Crippen LogP contribution in [0.2, 0.25) is 0 Å². The van der Waals surface area contributed by atoms with Crippen LogP contribution in [0.25, 0.3) is 0 Å². The minimum atomic E-state index is -3.52. The van der Waals surface area contributed by atoms with E-state index in [9.17, 15) is 16.8 Å². The van der Waals surface area contributed by atoms with Gasteiger partial charge < -0.3 is 4.74 Å². The Balaban J connectivity index is 2.34. The Kier molecular flexibility index (Phi) is 5.32. The molecule has 17 heavy (non-hydrogen) atoms. The lowest BCUT2D eigenvalue weighted by Gasteiger charge is -2.22. The molecular weight excluding hydrogens is 268 g/mol. The fourth-order valence-electron chi connectivity index (χ4n) is 1.59. The van der Waals surface area contributed by atoms with Gasteiger partial charge in [0.1, 0.15) is 0 Å². The molecule has 0 radical (unpaired) electrons. The summed E-state index contributed by atoms with van der Waals surface area (Å²) in [5.74, 6) is -0.219. The van der Waals surface area contributed by atoms with Crippen molar-refractivity contribution in [3.05, 3.63) is 0 Å². The fraction of sp³-hybridized carbons (Fsp3) is 1.00. The summed E-state index contributed by atoms with van der Waals surface area (Å²) in [6.07, 6.45) is 1.14. The summed E-state index contributed by atoms with van der Waals surface area (Å²) in [4.78, 5) is 0. The minimum Gasteiger partial charge on any atom is -0.381 e. The molecule has 0 aromatic carbocycles. The van der Waals surface area contributed by atoms with Gasteiger partial charge in [-0.2, -0.15) is 0 Å². The summed E-state index contributed by atoms with van der Waals surface area (Å²) in [6.45, 7) is 0.988. The maximum atomic E-state index is 11.8. The van der Waals surface area contributed by atoms with Crippen LogP contribution in [0.15, 0.2) is 0 Å². The Morgan fingerprint density at radius 3 is 2.29 bits per heavy atom. The van der Waals surface area contributed by atoms with Crippen LogP contribution in [0.4, 0.5) is 0 Å². The second kappa shape index (κ2) is 6.10. The Bertz CT molecular complexity index is 425. The summed E-state index contributed by atoms with van der Waals surface area (Å²) in [5, 5.41) is 4.37. The first-order valence-electron chi connectivity index (χ1n) is 5.38. The molecule has 0 aromatic rings. The van der Waals surface area contributed by atoms with E-state index in [0.717, 1.165) is 0 Å².